The van der Waals surface area contributed by atoms with Gasteiger partial charge in [-0.1, -0.05) is 18.2 Å². The summed E-state index contributed by atoms with van der Waals surface area (Å²) in [5.41, 5.74) is 0.544. The molecule has 0 atom stereocenters. The summed E-state index contributed by atoms with van der Waals surface area (Å²) in [6, 6.07) is 6.65. The summed E-state index contributed by atoms with van der Waals surface area (Å²) in [5, 5.41) is 2.91. The Morgan fingerprint density at radius 2 is 2.12 bits per heavy atom. The van der Waals surface area contributed by atoms with Crippen molar-refractivity contribution in [3.8, 4) is 0 Å². The van der Waals surface area contributed by atoms with E-state index in [1.54, 1.807) is 23.1 Å². The second-order valence-electron chi connectivity index (χ2n) is 6.52. The lowest BCUT2D eigenvalue weighted by Crippen LogP contribution is -2.42. The van der Waals surface area contributed by atoms with Crippen LogP contribution in [0.25, 0.3) is 0 Å². The van der Waals surface area contributed by atoms with Crippen LogP contribution >= 0.6 is 0 Å². The fourth-order valence-corrected chi connectivity index (χ4v) is 3.07. The second-order valence-corrected chi connectivity index (χ2v) is 6.52. The molecule has 1 aliphatic heterocycles. The van der Waals surface area contributed by atoms with E-state index in [1.807, 2.05) is 4.90 Å². The first-order valence-electron chi connectivity index (χ1n) is 8.71. The monoisotopic (exact) mass is 333 g/mol. The van der Waals surface area contributed by atoms with Crippen molar-refractivity contribution in [1.82, 2.24) is 15.1 Å². The number of halogens is 1. The van der Waals surface area contributed by atoms with Crippen LogP contribution in [-0.4, -0.2) is 47.4 Å². The zero-order valence-electron chi connectivity index (χ0n) is 13.8. The average Bonchev–Trinajstić information content (AvgIpc) is 3.33. The maximum atomic E-state index is 13.8. The molecule has 1 heterocycles. The fraction of sp³-hybridized carbons (Fsp3) is 0.556. The predicted molar refractivity (Wildman–Crippen MR) is 88.8 cm³/mol. The van der Waals surface area contributed by atoms with E-state index < -0.39 is 0 Å². The number of carbonyl (C=O) groups is 2. The van der Waals surface area contributed by atoms with Crippen molar-refractivity contribution in [2.45, 2.75) is 44.7 Å². The maximum absolute atomic E-state index is 13.8. The van der Waals surface area contributed by atoms with Crippen LogP contribution in [0.3, 0.4) is 0 Å². The van der Waals surface area contributed by atoms with Gasteiger partial charge in [0.05, 0.1) is 6.54 Å². The summed E-state index contributed by atoms with van der Waals surface area (Å²) >= 11 is 0. The van der Waals surface area contributed by atoms with Gasteiger partial charge in [0.15, 0.2) is 0 Å². The molecule has 6 heteroatoms. The molecule has 130 valence electrons. The first-order valence-corrected chi connectivity index (χ1v) is 8.71. The van der Waals surface area contributed by atoms with Crippen LogP contribution in [0, 0.1) is 5.82 Å². The van der Waals surface area contributed by atoms with Gasteiger partial charge in [-0.15, -0.1) is 0 Å². The Morgan fingerprint density at radius 1 is 1.33 bits per heavy atom. The summed E-state index contributed by atoms with van der Waals surface area (Å²) in [6.45, 7) is 2.35. The lowest BCUT2D eigenvalue weighted by molar-refractivity contribution is -0.127. The molecular formula is C18H24FN3O2. The van der Waals surface area contributed by atoms with Crippen molar-refractivity contribution in [3.63, 3.8) is 0 Å². The molecule has 3 amide bonds. The molecule has 0 radical (unpaired) electrons. The molecule has 2 aliphatic rings. The zero-order chi connectivity index (χ0) is 16.9. The molecule has 0 spiro atoms. The number of hydrogen-bond acceptors (Lipinski definition) is 2. The Hall–Kier alpha value is -2.11. The number of nitrogens with zero attached hydrogens (tertiary/aromatic N) is 2. The predicted octanol–water partition coefficient (Wildman–Crippen LogP) is 2.51. The van der Waals surface area contributed by atoms with Gasteiger partial charge in [-0.2, -0.15) is 0 Å². The molecule has 1 aliphatic carbocycles. The Kier molecular flexibility index (Phi) is 5.33. The molecule has 0 bridgehead atoms. The first kappa shape index (κ1) is 16.7. The normalized spacial score (nSPS) is 17.2. The van der Waals surface area contributed by atoms with Gasteiger partial charge in [0.25, 0.3) is 0 Å². The summed E-state index contributed by atoms with van der Waals surface area (Å²) in [7, 11) is 0. The molecule has 1 saturated carbocycles. The molecule has 1 N–H and O–H groups in total. The minimum absolute atomic E-state index is 0.145. The first-order chi connectivity index (χ1) is 11.6. The number of nitrogens with one attached hydrogen (secondary N) is 1. The van der Waals surface area contributed by atoms with Crippen LogP contribution < -0.4 is 5.32 Å². The fourth-order valence-electron chi connectivity index (χ4n) is 3.07. The van der Waals surface area contributed by atoms with Crippen molar-refractivity contribution in [2.75, 3.05) is 19.6 Å². The van der Waals surface area contributed by atoms with E-state index in [-0.39, 0.29) is 23.8 Å². The highest BCUT2D eigenvalue weighted by Gasteiger charge is 2.33. The minimum Gasteiger partial charge on any atom is -0.343 e. The van der Waals surface area contributed by atoms with E-state index in [4.69, 9.17) is 0 Å². The molecule has 2 fully saturated rings. The van der Waals surface area contributed by atoms with Crippen LogP contribution in [-0.2, 0) is 11.3 Å². The molecule has 0 aromatic heterocycles. The van der Waals surface area contributed by atoms with Gasteiger partial charge >= 0.3 is 6.03 Å². The van der Waals surface area contributed by atoms with Gasteiger partial charge in [0, 0.05) is 37.7 Å². The summed E-state index contributed by atoms with van der Waals surface area (Å²) in [5.74, 6) is -0.0658. The second kappa shape index (κ2) is 7.64. The van der Waals surface area contributed by atoms with Gasteiger partial charge < -0.3 is 15.1 Å². The third-order valence-electron chi connectivity index (χ3n) is 4.60. The molecule has 24 heavy (non-hydrogen) atoms. The number of likely N-dealkylation sites (tertiary alicyclic amines) is 1. The number of carbonyl (C=O) groups excluding carboxylic acids is 2. The molecule has 1 aromatic rings. The summed E-state index contributed by atoms with van der Waals surface area (Å²) in [4.78, 5) is 27.5. The number of hydrogen-bond donors (Lipinski definition) is 1. The highest BCUT2D eigenvalue weighted by Crippen LogP contribution is 2.28. The molecular weight excluding hydrogens is 309 g/mol. The number of urea groups is 1. The Bertz CT molecular complexity index is 604. The van der Waals surface area contributed by atoms with Crippen LogP contribution in [0.15, 0.2) is 24.3 Å². The van der Waals surface area contributed by atoms with Gasteiger partial charge in [0.2, 0.25) is 5.91 Å². The molecule has 1 aromatic carbocycles. The van der Waals surface area contributed by atoms with Crippen molar-refractivity contribution < 1.29 is 14.0 Å². The van der Waals surface area contributed by atoms with Crippen LogP contribution in [0.2, 0.25) is 0 Å². The number of rotatable bonds is 7. The highest BCUT2D eigenvalue weighted by molar-refractivity contribution is 5.78. The molecule has 0 unspecified atom stereocenters. The van der Waals surface area contributed by atoms with Crippen LogP contribution in [0.4, 0.5) is 9.18 Å². The number of benzene rings is 1. The molecule has 1 saturated heterocycles. The highest BCUT2D eigenvalue weighted by atomic mass is 19.1. The SMILES string of the molecule is O=C1CCCN1CCCNC(=O)N(Cc1ccccc1F)C1CC1. The smallest absolute Gasteiger partial charge is 0.317 e. The number of amides is 3. The van der Waals surface area contributed by atoms with E-state index in [9.17, 15) is 14.0 Å². The van der Waals surface area contributed by atoms with Crippen molar-refractivity contribution >= 4 is 11.9 Å². The topological polar surface area (TPSA) is 52.7 Å². The Balaban J connectivity index is 1.46. The van der Waals surface area contributed by atoms with Crippen molar-refractivity contribution in [2.24, 2.45) is 0 Å². The van der Waals surface area contributed by atoms with E-state index >= 15 is 0 Å². The Labute approximate surface area is 141 Å². The standard InChI is InChI=1S/C18H24FN3O2/c19-16-6-2-1-5-14(16)13-22(15-8-9-15)18(24)20-10-4-12-21-11-3-7-17(21)23/h1-2,5-6,15H,3-4,7-13H2,(H,20,24). The van der Waals surface area contributed by atoms with E-state index in [2.05, 4.69) is 5.32 Å². The van der Waals surface area contributed by atoms with Crippen LogP contribution in [0.5, 0.6) is 0 Å². The van der Waals surface area contributed by atoms with Gasteiger partial charge in [0.1, 0.15) is 5.82 Å². The van der Waals surface area contributed by atoms with E-state index in [1.165, 1.54) is 6.07 Å². The molecule has 3 rings (SSSR count). The lowest BCUT2D eigenvalue weighted by atomic mass is 10.2. The average molecular weight is 333 g/mol. The summed E-state index contributed by atoms with van der Waals surface area (Å²) in [6.07, 6.45) is 4.28. The van der Waals surface area contributed by atoms with E-state index in [0.29, 0.717) is 31.6 Å². The minimum atomic E-state index is -0.275. The third-order valence-corrected chi connectivity index (χ3v) is 4.60. The largest absolute Gasteiger partial charge is 0.343 e. The van der Waals surface area contributed by atoms with Gasteiger partial charge in [-0.3, -0.25) is 4.79 Å². The van der Waals surface area contributed by atoms with Crippen molar-refractivity contribution in [3.05, 3.63) is 35.6 Å². The van der Waals surface area contributed by atoms with E-state index in [0.717, 1.165) is 32.2 Å². The van der Waals surface area contributed by atoms with Crippen LogP contribution in [0.1, 0.15) is 37.7 Å². The lowest BCUT2D eigenvalue weighted by Gasteiger charge is -2.23. The quantitative estimate of drug-likeness (QED) is 0.780. The Morgan fingerprint density at radius 3 is 2.79 bits per heavy atom. The molecule has 5 nitrogen and oxygen atoms in total. The van der Waals surface area contributed by atoms with Gasteiger partial charge in [-0.25, -0.2) is 9.18 Å². The summed E-state index contributed by atoms with van der Waals surface area (Å²) < 4.78 is 13.8. The van der Waals surface area contributed by atoms with Crippen molar-refractivity contribution in [1.29, 1.82) is 0 Å². The van der Waals surface area contributed by atoms with Gasteiger partial charge in [-0.05, 0) is 31.7 Å². The third kappa shape index (κ3) is 4.24. The maximum Gasteiger partial charge on any atom is 0.317 e. The zero-order valence-corrected chi connectivity index (χ0v) is 13.8.